The molecule has 1 heterocycles. The minimum atomic E-state index is -3.12. The number of rotatable bonds is 8. The van der Waals surface area contributed by atoms with Gasteiger partial charge in [-0.1, -0.05) is 13.8 Å². The molecule has 1 rings (SSSR count). The number of hydrogen-bond acceptors (Lipinski definition) is 5. The third-order valence-electron chi connectivity index (χ3n) is 2.78. The van der Waals surface area contributed by atoms with E-state index in [-0.39, 0.29) is 5.75 Å². The summed E-state index contributed by atoms with van der Waals surface area (Å²) >= 11 is 1.96. The molecule has 2 N–H and O–H groups in total. The predicted octanol–water partition coefficient (Wildman–Crippen LogP) is -0.0474. The Balaban J connectivity index is 2.12. The Labute approximate surface area is 115 Å². The molecule has 1 aliphatic heterocycles. The molecule has 1 saturated heterocycles. The van der Waals surface area contributed by atoms with Gasteiger partial charge in [-0.15, -0.1) is 0 Å². The minimum absolute atomic E-state index is 0.154. The van der Waals surface area contributed by atoms with E-state index in [0.29, 0.717) is 19.1 Å². The average Bonchev–Trinajstić information content (AvgIpc) is 2.29. The van der Waals surface area contributed by atoms with E-state index in [1.165, 1.54) is 0 Å². The van der Waals surface area contributed by atoms with Crippen LogP contribution in [0, 0.1) is 0 Å². The lowest BCUT2D eigenvalue weighted by Gasteiger charge is -2.25. The first-order chi connectivity index (χ1) is 8.49. The zero-order valence-electron chi connectivity index (χ0n) is 11.3. The van der Waals surface area contributed by atoms with E-state index in [2.05, 4.69) is 14.9 Å². The van der Waals surface area contributed by atoms with Crippen LogP contribution in [0.3, 0.4) is 0 Å². The second-order valence-electron chi connectivity index (χ2n) is 4.78. The van der Waals surface area contributed by atoms with Gasteiger partial charge < -0.3 is 10.2 Å². The van der Waals surface area contributed by atoms with E-state index in [9.17, 15) is 8.42 Å². The molecule has 0 unspecified atom stereocenters. The van der Waals surface area contributed by atoms with Gasteiger partial charge in [0.25, 0.3) is 0 Å². The van der Waals surface area contributed by atoms with E-state index >= 15 is 0 Å². The van der Waals surface area contributed by atoms with E-state index < -0.39 is 10.0 Å². The van der Waals surface area contributed by atoms with Crippen molar-refractivity contribution in [2.24, 2.45) is 0 Å². The Morgan fingerprint density at radius 3 is 2.50 bits per heavy atom. The van der Waals surface area contributed by atoms with Crippen LogP contribution in [-0.2, 0) is 10.0 Å². The van der Waals surface area contributed by atoms with Crippen LogP contribution in [0.5, 0.6) is 0 Å². The Morgan fingerprint density at radius 1 is 1.22 bits per heavy atom. The number of nitrogens with one attached hydrogen (secondary N) is 2. The third-order valence-corrected chi connectivity index (χ3v) is 5.11. The van der Waals surface area contributed by atoms with Crippen molar-refractivity contribution >= 4 is 21.8 Å². The summed E-state index contributed by atoms with van der Waals surface area (Å²) in [6, 6.07) is 0.325. The Morgan fingerprint density at radius 2 is 1.89 bits per heavy atom. The monoisotopic (exact) mass is 295 g/mol. The molecule has 0 saturated carbocycles. The number of hydrogen-bond donors (Lipinski definition) is 2. The standard InChI is InChI=1S/C11H25N3O2S2/c1-11(2)12-4-10-18(15,16)13-3-5-14-6-8-17-9-7-14/h11-13H,3-10H2,1-2H3. The van der Waals surface area contributed by atoms with Gasteiger partial charge in [-0.05, 0) is 0 Å². The zero-order valence-corrected chi connectivity index (χ0v) is 12.9. The van der Waals surface area contributed by atoms with Crippen molar-refractivity contribution in [1.82, 2.24) is 14.9 Å². The number of sulfonamides is 1. The molecule has 0 radical (unpaired) electrons. The van der Waals surface area contributed by atoms with Gasteiger partial charge >= 0.3 is 0 Å². The quantitative estimate of drug-likeness (QED) is 0.658. The van der Waals surface area contributed by atoms with Crippen molar-refractivity contribution in [2.45, 2.75) is 19.9 Å². The van der Waals surface area contributed by atoms with Crippen LogP contribution in [-0.4, -0.2) is 69.3 Å². The van der Waals surface area contributed by atoms with Gasteiger partial charge in [0, 0.05) is 50.3 Å². The largest absolute Gasteiger partial charge is 0.313 e. The van der Waals surface area contributed by atoms with E-state index in [4.69, 9.17) is 0 Å². The highest BCUT2D eigenvalue weighted by Gasteiger charge is 2.13. The van der Waals surface area contributed by atoms with Crippen molar-refractivity contribution in [3.05, 3.63) is 0 Å². The van der Waals surface area contributed by atoms with Crippen LogP contribution in [0.2, 0.25) is 0 Å². The summed E-state index contributed by atoms with van der Waals surface area (Å²) in [4.78, 5) is 2.31. The Kier molecular flexibility index (Phi) is 7.55. The van der Waals surface area contributed by atoms with Crippen molar-refractivity contribution in [3.63, 3.8) is 0 Å². The number of nitrogens with zero attached hydrogens (tertiary/aromatic N) is 1. The lowest BCUT2D eigenvalue weighted by Crippen LogP contribution is -2.41. The molecule has 18 heavy (non-hydrogen) atoms. The summed E-state index contributed by atoms with van der Waals surface area (Å²) in [5, 5.41) is 3.11. The second kappa shape index (κ2) is 8.37. The topological polar surface area (TPSA) is 61.4 Å². The molecule has 0 amide bonds. The molecular formula is C11H25N3O2S2. The van der Waals surface area contributed by atoms with Crippen LogP contribution >= 0.6 is 11.8 Å². The van der Waals surface area contributed by atoms with Gasteiger partial charge in [0.1, 0.15) is 0 Å². The van der Waals surface area contributed by atoms with Crippen LogP contribution in [0.25, 0.3) is 0 Å². The van der Waals surface area contributed by atoms with E-state index in [1.54, 1.807) is 0 Å². The first kappa shape index (κ1) is 16.2. The highest BCUT2D eigenvalue weighted by atomic mass is 32.2. The second-order valence-corrected chi connectivity index (χ2v) is 7.93. The van der Waals surface area contributed by atoms with E-state index in [1.807, 2.05) is 25.6 Å². The van der Waals surface area contributed by atoms with Crippen LogP contribution < -0.4 is 10.0 Å². The molecule has 1 aliphatic rings. The highest BCUT2D eigenvalue weighted by Crippen LogP contribution is 2.07. The van der Waals surface area contributed by atoms with Gasteiger partial charge in [-0.3, -0.25) is 0 Å². The van der Waals surface area contributed by atoms with Crippen molar-refractivity contribution in [1.29, 1.82) is 0 Å². The van der Waals surface area contributed by atoms with Crippen molar-refractivity contribution < 1.29 is 8.42 Å². The molecule has 0 aromatic carbocycles. The highest BCUT2D eigenvalue weighted by molar-refractivity contribution is 7.99. The molecule has 7 heteroatoms. The van der Waals surface area contributed by atoms with Crippen LogP contribution in [0.4, 0.5) is 0 Å². The summed E-state index contributed by atoms with van der Waals surface area (Å²) in [5.41, 5.74) is 0. The maximum Gasteiger partial charge on any atom is 0.212 e. The molecule has 108 valence electrons. The summed E-state index contributed by atoms with van der Waals surface area (Å²) < 4.78 is 26.0. The summed E-state index contributed by atoms with van der Waals surface area (Å²) in [5.74, 6) is 2.47. The lowest BCUT2D eigenvalue weighted by atomic mass is 10.4. The van der Waals surface area contributed by atoms with Gasteiger partial charge in [0.15, 0.2) is 0 Å². The Bertz CT molecular complexity index is 314. The first-order valence-electron chi connectivity index (χ1n) is 6.50. The van der Waals surface area contributed by atoms with Gasteiger partial charge in [-0.2, -0.15) is 11.8 Å². The SMILES string of the molecule is CC(C)NCCS(=O)(=O)NCCN1CCSCC1. The molecule has 1 fully saturated rings. The minimum Gasteiger partial charge on any atom is -0.313 e. The molecular weight excluding hydrogens is 270 g/mol. The molecule has 0 aromatic rings. The maximum absolute atomic E-state index is 11.7. The molecule has 0 spiro atoms. The zero-order chi connectivity index (χ0) is 13.4. The molecule has 0 aromatic heterocycles. The van der Waals surface area contributed by atoms with Gasteiger partial charge in [0.05, 0.1) is 5.75 Å². The van der Waals surface area contributed by atoms with Crippen LogP contribution in [0.15, 0.2) is 0 Å². The predicted molar refractivity (Wildman–Crippen MR) is 78.7 cm³/mol. The normalized spacial score (nSPS) is 18.4. The molecule has 0 bridgehead atoms. The van der Waals surface area contributed by atoms with Gasteiger partial charge in [-0.25, -0.2) is 13.1 Å². The molecule has 0 aliphatic carbocycles. The van der Waals surface area contributed by atoms with Crippen molar-refractivity contribution in [2.75, 3.05) is 50.0 Å². The Hall–Kier alpha value is 0.180. The van der Waals surface area contributed by atoms with Crippen molar-refractivity contribution in [3.8, 4) is 0 Å². The summed E-state index contributed by atoms with van der Waals surface area (Å²) in [6.07, 6.45) is 0. The average molecular weight is 295 g/mol. The fourth-order valence-corrected chi connectivity index (χ4v) is 3.65. The molecule has 5 nitrogen and oxygen atoms in total. The smallest absolute Gasteiger partial charge is 0.212 e. The van der Waals surface area contributed by atoms with Gasteiger partial charge in [0.2, 0.25) is 10.0 Å². The fraction of sp³-hybridized carbons (Fsp3) is 1.00. The maximum atomic E-state index is 11.7. The third kappa shape index (κ3) is 7.58. The summed E-state index contributed by atoms with van der Waals surface area (Å²) in [7, 11) is -3.12. The number of thioether (sulfide) groups is 1. The molecule has 0 atom stereocenters. The fourth-order valence-electron chi connectivity index (χ4n) is 1.74. The lowest BCUT2D eigenvalue weighted by molar-refractivity contribution is 0.307. The summed E-state index contributed by atoms with van der Waals surface area (Å²) in [6.45, 7) is 8.00. The first-order valence-corrected chi connectivity index (χ1v) is 9.31. The van der Waals surface area contributed by atoms with E-state index in [0.717, 1.165) is 31.1 Å². The van der Waals surface area contributed by atoms with Crippen LogP contribution in [0.1, 0.15) is 13.8 Å².